The van der Waals surface area contributed by atoms with Gasteiger partial charge in [-0.15, -0.1) is 0 Å². The molecule has 0 heterocycles. The van der Waals surface area contributed by atoms with E-state index in [4.69, 9.17) is 0 Å². The van der Waals surface area contributed by atoms with E-state index >= 15 is 0 Å². The minimum absolute atomic E-state index is 0.160. The zero-order valence-corrected chi connectivity index (χ0v) is 11.1. The second-order valence-electron chi connectivity index (χ2n) is 4.50. The first-order valence-corrected chi connectivity index (χ1v) is 7.20. The summed E-state index contributed by atoms with van der Waals surface area (Å²) in [7, 11) is -3.49. The van der Waals surface area contributed by atoms with Crippen LogP contribution >= 0.6 is 0 Å². The van der Waals surface area contributed by atoms with Gasteiger partial charge >= 0.3 is 0 Å². The van der Waals surface area contributed by atoms with Crippen LogP contribution in [-0.4, -0.2) is 14.5 Å². The van der Waals surface area contributed by atoms with Gasteiger partial charge in [0.1, 0.15) is 5.82 Å². The highest BCUT2D eigenvalue weighted by atomic mass is 32.2. The molecule has 1 atom stereocenters. The molecule has 0 saturated heterocycles. The summed E-state index contributed by atoms with van der Waals surface area (Å²) in [6, 6.07) is 5.74. The van der Waals surface area contributed by atoms with Crippen LogP contribution in [0.25, 0.3) is 0 Å². The second kappa shape index (κ2) is 5.60. The Morgan fingerprint density at radius 3 is 2.35 bits per heavy atom. The number of halogens is 1. The molecule has 1 aromatic rings. The average Bonchev–Trinajstić information content (AvgIpc) is 2.20. The van der Waals surface area contributed by atoms with Gasteiger partial charge in [0.25, 0.3) is 0 Å². The number of rotatable bonds is 5. The molecule has 1 aromatic carbocycles. The lowest BCUT2D eigenvalue weighted by atomic mass is 10.1. The van der Waals surface area contributed by atoms with Crippen LogP contribution in [0.4, 0.5) is 4.39 Å². The fraction of sp³-hybridized carbons (Fsp3) is 0.500. The lowest BCUT2D eigenvalue weighted by molar-refractivity contribution is 0.475. The van der Waals surface area contributed by atoms with Gasteiger partial charge in [-0.2, -0.15) is 0 Å². The standard InChI is InChI=1S/C12H18FNO2S/c1-9(2)10(3)14-17(15,16)8-11-6-4-5-7-12(11)13/h4-7,9-10,14H,8H2,1-3H3. The highest BCUT2D eigenvalue weighted by molar-refractivity contribution is 7.88. The van der Waals surface area contributed by atoms with Crippen LogP contribution in [-0.2, 0) is 15.8 Å². The maximum atomic E-state index is 13.3. The first-order valence-electron chi connectivity index (χ1n) is 5.55. The van der Waals surface area contributed by atoms with Crippen LogP contribution < -0.4 is 4.72 Å². The van der Waals surface area contributed by atoms with E-state index < -0.39 is 15.8 Å². The molecule has 0 aromatic heterocycles. The Bertz CT molecular complexity index is 471. The number of hydrogen-bond donors (Lipinski definition) is 1. The summed E-state index contributed by atoms with van der Waals surface area (Å²) in [4.78, 5) is 0. The smallest absolute Gasteiger partial charge is 0.212 e. The van der Waals surface area contributed by atoms with Crippen LogP contribution in [0.3, 0.4) is 0 Å². The van der Waals surface area contributed by atoms with E-state index in [-0.39, 0.29) is 23.3 Å². The second-order valence-corrected chi connectivity index (χ2v) is 6.25. The molecular weight excluding hydrogens is 241 g/mol. The molecule has 0 bridgehead atoms. The van der Waals surface area contributed by atoms with Crippen molar-refractivity contribution in [1.82, 2.24) is 4.72 Å². The molecule has 0 radical (unpaired) electrons. The number of nitrogens with one attached hydrogen (secondary N) is 1. The van der Waals surface area contributed by atoms with E-state index in [0.29, 0.717) is 0 Å². The minimum atomic E-state index is -3.49. The maximum Gasteiger partial charge on any atom is 0.216 e. The first-order chi connectivity index (χ1) is 7.82. The highest BCUT2D eigenvalue weighted by Crippen LogP contribution is 2.11. The zero-order chi connectivity index (χ0) is 13.1. The molecule has 0 saturated carbocycles. The van der Waals surface area contributed by atoms with Crippen molar-refractivity contribution in [3.05, 3.63) is 35.6 Å². The third-order valence-electron chi connectivity index (χ3n) is 2.67. The summed E-state index contributed by atoms with van der Waals surface area (Å²) >= 11 is 0. The van der Waals surface area contributed by atoms with Crippen molar-refractivity contribution < 1.29 is 12.8 Å². The van der Waals surface area contributed by atoms with E-state index in [0.717, 1.165) is 0 Å². The minimum Gasteiger partial charge on any atom is -0.212 e. The molecule has 17 heavy (non-hydrogen) atoms. The van der Waals surface area contributed by atoms with Gasteiger partial charge < -0.3 is 0 Å². The Balaban J connectivity index is 2.77. The van der Waals surface area contributed by atoms with Crippen molar-refractivity contribution in [2.24, 2.45) is 5.92 Å². The fourth-order valence-corrected chi connectivity index (χ4v) is 2.85. The van der Waals surface area contributed by atoms with Crippen LogP contribution in [0, 0.1) is 11.7 Å². The van der Waals surface area contributed by atoms with Crippen LogP contribution in [0.15, 0.2) is 24.3 Å². The number of benzene rings is 1. The molecule has 0 aliphatic rings. The van der Waals surface area contributed by atoms with E-state index in [1.165, 1.54) is 18.2 Å². The molecule has 1 rings (SSSR count). The Morgan fingerprint density at radius 2 is 1.82 bits per heavy atom. The van der Waals surface area contributed by atoms with Crippen molar-refractivity contribution in [1.29, 1.82) is 0 Å². The molecule has 0 aliphatic heterocycles. The predicted molar refractivity (Wildman–Crippen MR) is 66.5 cm³/mol. The van der Waals surface area contributed by atoms with Crippen LogP contribution in [0.2, 0.25) is 0 Å². The lowest BCUT2D eigenvalue weighted by Gasteiger charge is -2.17. The quantitative estimate of drug-likeness (QED) is 0.882. The number of sulfonamides is 1. The van der Waals surface area contributed by atoms with Crippen molar-refractivity contribution in [2.75, 3.05) is 0 Å². The average molecular weight is 259 g/mol. The molecule has 1 unspecified atom stereocenters. The van der Waals surface area contributed by atoms with Crippen molar-refractivity contribution >= 4 is 10.0 Å². The van der Waals surface area contributed by atoms with Crippen molar-refractivity contribution in [3.63, 3.8) is 0 Å². The molecule has 5 heteroatoms. The molecular formula is C12H18FNO2S. The molecule has 0 spiro atoms. The van der Waals surface area contributed by atoms with Crippen molar-refractivity contribution in [3.8, 4) is 0 Å². The zero-order valence-electron chi connectivity index (χ0n) is 10.3. The van der Waals surface area contributed by atoms with Crippen LogP contribution in [0.1, 0.15) is 26.3 Å². The Labute approximate surface area is 102 Å². The monoisotopic (exact) mass is 259 g/mol. The van der Waals surface area contributed by atoms with Gasteiger partial charge in [0.2, 0.25) is 10.0 Å². The maximum absolute atomic E-state index is 13.3. The van der Waals surface area contributed by atoms with E-state index in [1.54, 1.807) is 13.0 Å². The molecule has 1 N–H and O–H groups in total. The topological polar surface area (TPSA) is 46.2 Å². The third-order valence-corrected chi connectivity index (χ3v) is 4.09. The predicted octanol–water partition coefficient (Wildman–Crippen LogP) is 2.29. The van der Waals surface area contributed by atoms with Gasteiger partial charge in [-0.25, -0.2) is 17.5 Å². The van der Waals surface area contributed by atoms with Gasteiger partial charge in [-0.1, -0.05) is 32.0 Å². The summed E-state index contributed by atoms with van der Waals surface area (Å²) < 4.78 is 39.4. The first kappa shape index (κ1) is 14.1. The summed E-state index contributed by atoms with van der Waals surface area (Å²) in [6.45, 7) is 5.65. The van der Waals surface area contributed by atoms with Gasteiger partial charge in [0.05, 0.1) is 5.75 Å². The molecule has 0 amide bonds. The Kier molecular flexibility index (Phi) is 4.65. The molecule has 3 nitrogen and oxygen atoms in total. The summed E-state index contributed by atoms with van der Waals surface area (Å²) in [5.74, 6) is -0.614. The van der Waals surface area contributed by atoms with E-state index in [1.807, 2.05) is 13.8 Å². The summed E-state index contributed by atoms with van der Waals surface area (Å²) in [5.41, 5.74) is 0.191. The SMILES string of the molecule is CC(C)C(C)NS(=O)(=O)Cc1ccccc1F. The summed E-state index contributed by atoms with van der Waals surface area (Å²) in [6.07, 6.45) is 0. The normalized spacial score (nSPS) is 13.9. The van der Waals surface area contributed by atoms with E-state index in [9.17, 15) is 12.8 Å². The highest BCUT2D eigenvalue weighted by Gasteiger charge is 2.18. The van der Waals surface area contributed by atoms with Gasteiger partial charge in [0, 0.05) is 11.6 Å². The van der Waals surface area contributed by atoms with Gasteiger partial charge in [-0.3, -0.25) is 0 Å². The van der Waals surface area contributed by atoms with E-state index in [2.05, 4.69) is 4.72 Å². The Morgan fingerprint density at radius 1 is 1.24 bits per heavy atom. The summed E-state index contributed by atoms with van der Waals surface area (Å²) in [5, 5.41) is 0. The third kappa shape index (κ3) is 4.44. The van der Waals surface area contributed by atoms with Gasteiger partial charge in [0.15, 0.2) is 0 Å². The Hall–Kier alpha value is -0.940. The van der Waals surface area contributed by atoms with Crippen LogP contribution in [0.5, 0.6) is 0 Å². The largest absolute Gasteiger partial charge is 0.216 e. The lowest BCUT2D eigenvalue weighted by Crippen LogP contribution is -2.36. The van der Waals surface area contributed by atoms with Crippen molar-refractivity contribution in [2.45, 2.75) is 32.6 Å². The fourth-order valence-electron chi connectivity index (χ4n) is 1.28. The number of hydrogen-bond acceptors (Lipinski definition) is 2. The molecule has 0 fully saturated rings. The molecule has 0 aliphatic carbocycles. The molecule has 96 valence electrons. The van der Waals surface area contributed by atoms with Gasteiger partial charge in [-0.05, 0) is 18.9 Å².